The van der Waals surface area contributed by atoms with Crippen LogP contribution < -0.4 is 10.6 Å². The fourth-order valence-electron chi connectivity index (χ4n) is 2.99. The zero-order valence-corrected chi connectivity index (χ0v) is 21.8. The van der Waals surface area contributed by atoms with E-state index in [0.717, 1.165) is 0 Å². The van der Waals surface area contributed by atoms with E-state index in [1.807, 2.05) is 0 Å². The fraction of sp³-hybridized carbons (Fsp3) is 0.370. The Hall–Kier alpha value is -3.41. The number of benzene rings is 2. The molecule has 7 nitrogen and oxygen atoms in total. The van der Waals surface area contributed by atoms with E-state index in [4.69, 9.17) is 0 Å². The molecule has 0 fully saturated rings. The molecule has 186 valence electrons. The third-order valence-electron chi connectivity index (χ3n) is 6.26. The number of hydrogen-bond donors (Lipinski definition) is 4. The van der Waals surface area contributed by atoms with E-state index in [1.54, 1.807) is 60.7 Å². The first kappa shape index (κ1) is 27.8. The molecule has 35 heavy (non-hydrogen) atoms. The largest absolute Gasteiger partial charge is 0.480 e. The predicted molar refractivity (Wildman–Crippen MR) is 138 cm³/mol. The summed E-state index contributed by atoms with van der Waals surface area (Å²) in [4.78, 5) is 37.4. The number of rotatable bonds is 8. The highest BCUT2D eigenvalue weighted by atomic mass is 28.3. The Labute approximate surface area is 208 Å². The Balaban J connectivity index is 2.21. The van der Waals surface area contributed by atoms with Gasteiger partial charge in [0.25, 0.3) is 11.8 Å². The molecule has 0 radical (unpaired) electrons. The third kappa shape index (κ3) is 7.81. The van der Waals surface area contributed by atoms with Crippen LogP contribution in [-0.4, -0.2) is 48.2 Å². The van der Waals surface area contributed by atoms with Crippen molar-refractivity contribution in [3.8, 4) is 11.5 Å². The van der Waals surface area contributed by atoms with Gasteiger partial charge in [0.2, 0.25) is 0 Å². The van der Waals surface area contributed by atoms with Crippen molar-refractivity contribution >= 4 is 25.9 Å². The highest BCUT2D eigenvalue weighted by Crippen LogP contribution is 2.35. The van der Waals surface area contributed by atoms with Gasteiger partial charge in [-0.1, -0.05) is 82.4 Å². The van der Waals surface area contributed by atoms with Crippen molar-refractivity contribution in [2.75, 3.05) is 0 Å². The van der Waals surface area contributed by atoms with Crippen molar-refractivity contribution in [2.24, 2.45) is 0 Å². The molecule has 0 aliphatic carbocycles. The highest BCUT2D eigenvalue weighted by Gasteiger charge is 2.34. The summed E-state index contributed by atoms with van der Waals surface area (Å²) < 4.78 is 0. The quantitative estimate of drug-likeness (QED) is 0.331. The maximum atomic E-state index is 12.9. The summed E-state index contributed by atoms with van der Waals surface area (Å²) in [6.07, 6.45) is -1.81. The van der Waals surface area contributed by atoms with Gasteiger partial charge in [-0.05, 0) is 22.7 Å². The number of aliphatic hydroxyl groups excluding tert-OH is 1. The van der Waals surface area contributed by atoms with E-state index in [1.165, 1.54) is 0 Å². The van der Waals surface area contributed by atoms with E-state index in [-0.39, 0.29) is 11.5 Å². The minimum Gasteiger partial charge on any atom is -0.480 e. The molecule has 3 atom stereocenters. The first-order valence-electron chi connectivity index (χ1n) is 11.5. The summed E-state index contributed by atoms with van der Waals surface area (Å²) in [6.45, 7) is 10.5. The van der Waals surface area contributed by atoms with E-state index in [2.05, 4.69) is 56.0 Å². The van der Waals surface area contributed by atoms with Crippen molar-refractivity contribution in [1.29, 1.82) is 0 Å². The third-order valence-corrected chi connectivity index (χ3v) is 10.8. The minimum atomic E-state index is -1.94. The van der Waals surface area contributed by atoms with Crippen molar-refractivity contribution < 1.29 is 24.6 Å². The number of aliphatic hydroxyl groups is 1. The lowest BCUT2D eigenvalue weighted by molar-refractivity contribution is -0.143. The molecule has 2 rings (SSSR count). The first-order chi connectivity index (χ1) is 16.3. The first-order valence-corrected chi connectivity index (χ1v) is 14.5. The van der Waals surface area contributed by atoms with Gasteiger partial charge in [-0.15, -0.1) is 11.5 Å². The van der Waals surface area contributed by atoms with Crippen LogP contribution in [0.5, 0.6) is 0 Å². The van der Waals surface area contributed by atoms with Crippen molar-refractivity contribution in [2.45, 2.75) is 63.5 Å². The molecule has 2 aromatic carbocycles. The van der Waals surface area contributed by atoms with E-state index in [9.17, 15) is 24.6 Å². The highest BCUT2D eigenvalue weighted by molar-refractivity contribution is 6.87. The molecule has 2 amide bonds. The van der Waals surface area contributed by atoms with E-state index in [0.29, 0.717) is 11.1 Å². The maximum Gasteiger partial charge on any atom is 0.327 e. The van der Waals surface area contributed by atoms with E-state index < -0.39 is 44.0 Å². The summed E-state index contributed by atoms with van der Waals surface area (Å²) in [6, 6.07) is 14.6. The molecule has 0 saturated carbocycles. The van der Waals surface area contributed by atoms with Crippen molar-refractivity contribution in [3.05, 3.63) is 71.8 Å². The molecule has 0 aromatic heterocycles. The van der Waals surface area contributed by atoms with Crippen LogP contribution in [0.4, 0.5) is 0 Å². The summed E-state index contributed by atoms with van der Waals surface area (Å²) >= 11 is 0. The van der Waals surface area contributed by atoms with Crippen LogP contribution in [0.3, 0.4) is 0 Å². The molecule has 4 N–H and O–H groups in total. The van der Waals surface area contributed by atoms with Crippen LogP contribution in [0, 0.1) is 11.5 Å². The van der Waals surface area contributed by atoms with Crippen LogP contribution in [-0.2, 0) is 9.59 Å². The van der Waals surface area contributed by atoms with Gasteiger partial charge in [-0.3, -0.25) is 9.59 Å². The zero-order chi connectivity index (χ0) is 26.2. The molecule has 0 bridgehead atoms. The van der Waals surface area contributed by atoms with Crippen LogP contribution in [0.15, 0.2) is 60.7 Å². The average Bonchev–Trinajstić information content (AvgIpc) is 2.81. The molecular formula is C27H34N2O5Si. The van der Waals surface area contributed by atoms with E-state index >= 15 is 0 Å². The standard InChI is InChI=1S/C27H34N2O5Si/c1-27(2,3)35(4,5)18-12-17-21(26(33)34)28-25(32)23(30)22(19-13-8-6-9-14-19)29-24(31)20-15-10-7-11-16-20/h6-11,13-16,21-23,30H,17H2,1-5H3,(H,28,32)(H,29,31)(H,33,34)/t21-,22-,23+/m0/s1. The number of aliphatic carboxylic acids is 1. The van der Waals surface area contributed by atoms with Gasteiger partial charge in [0.1, 0.15) is 14.1 Å². The van der Waals surface area contributed by atoms with Gasteiger partial charge in [0, 0.05) is 12.0 Å². The molecule has 0 spiro atoms. The summed E-state index contributed by atoms with van der Waals surface area (Å²) in [7, 11) is -1.94. The summed E-state index contributed by atoms with van der Waals surface area (Å²) in [5.41, 5.74) is 4.10. The summed E-state index contributed by atoms with van der Waals surface area (Å²) in [5.74, 6) is 0.307. The number of carbonyl (C=O) groups is 3. The molecule has 0 aliphatic heterocycles. The summed E-state index contributed by atoms with van der Waals surface area (Å²) in [5, 5.41) is 25.6. The van der Waals surface area contributed by atoms with Crippen LogP contribution in [0.2, 0.25) is 18.1 Å². The fourth-order valence-corrected chi connectivity index (χ4v) is 3.91. The molecule has 8 heteroatoms. The normalized spacial score (nSPS) is 14.0. The van der Waals surface area contributed by atoms with Gasteiger partial charge < -0.3 is 20.8 Å². The van der Waals surface area contributed by atoms with Gasteiger partial charge in [-0.25, -0.2) is 4.79 Å². The van der Waals surface area contributed by atoms with Crippen LogP contribution in [0.1, 0.15) is 49.2 Å². The lowest BCUT2D eigenvalue weighted by Crippen LogP contribution is -2.50. The Kier molecular flexibility index (Phi) is 9.40. The van der Waals surface area contributed by atoms with Crippen molar-refractivity contribution in [1.82, 2.24) is 10.6 Å². The van der Waals surface area contributed by atoms with Gasteiger partial charge in [-0.2, -0.15) is 0 Å². The Morgan fingerprint density at radius 2 is 1.49 bits per heavy atom. The van der Waals surface area contributed by atoms with Gasteiger partial charge in [0.15, 0.2) is 6.10 Å². The molecular weight excluding hydrogens is 460 g/mol. The van der Waals surface area contributed by atoms with Gasteiger partial charge >= 0.3 is 5.97 Å². The number of carboxylic acids is 1. The maximum absolute atomic E-state index is 12.9. The predicted octanol–water partition coefficient (Wildman–Crippen LogP) is 3.53. The Bertz CT molecular complexity index is 1090. The molecule has 0 heterocycles. The number of amides is 2. The zero-order valence-electron chi connectivity index (χ0n) is 20.8. The Morgan fingerprint density at radius 1 is 0.943 bits per heavy atom. The van der Waals surface area contributed by atoms with Crippen molar-refractivity contribution in [3.63, 3.8) is 0 Å². The number of nitrogens with one attached hydrogen (secondary N) is 2. The number of carboxylic acid groups (broad SMARTS) is 1. The monoisotopic (exact) mass is 494 g/mol. The second-order valence-electron chi connectivity index (χ2n) is 9.95. The van der Waals surface area contributed by atoms with Gasteiger partial charge in [0.05, 0.1) is 6.04 Å². The molecule has 0 aliphatic rings. The minimum absolute atomic E-state index is 0.0119. The average molecular weight is 495 g/mol. The number of carbonyl (C=O) groups excluding carboxylic acids is 2. The molecule has 0 saturated heterocycles. The van der Waals surface area contributed by atoms with Crippen LogP contribution >= 0.6 is 0 Å². The van der Waals surface area contributed by atoms with Crippen LogP contribution in [0.25, 0.3) is 0 Å². The topological polar surface area (TPSA) is 116 Å². The number of hydrogen-bond acceptors (Lipinski definition) is 4. The smallest absolute Gasteiger partial charge is 0.327 e. The second-order valence-corrected chi connectivity index (χ2v) is 15.0. The lowest BCUT2D eigenvalue weighted by atomic mass is 9.99. The molecule has 0 unspecified atom stereocenters. The Morgan fingerprint density at radius 3 is 2.00 bits per heavy atom. The SMILES string of the molecule is CC(C)(C)[Si](C)(C)C#CC[C@H](NC(=O)[C@H](O)[C@@H](NC(=O)c1ccccc1)c1ccccc1)C(=O)O. The molecule has 2 aromatic rings. The lowest BCUT2D eigenvalue weighted by Gasteiger charge is -2.31. The second kappa shape index (κ2) is 11.8.